The fourth-order valence-corrected chi connectivity index (χ4v) is 2.20. The molecule has 0 amide bonds. The lowest BCUT2D eigenvalue weighted by molar-refractivity contribution is -0.140. The quantitative estimate of drug-likeness (QED) is 0.632. The molecule has 0 N–H and O–H groups in total. The van der Waals surface area contributed by atoms with Gasteiger partial charge in [-0.1, -0.05) is 12.1 Å². The Labute approximate surface area is 131 Å². The molecule has 1 aromatic rings. The summed E-state index contributed by atoms with van der Waals surface area (Å²) in [4.78, 5) is 10.7. The highest BCUT2D eigenvalue weighted by molar-refractivity contribution is 6.62. The highest BCUT2D eigenvalue weighted by Crippen LogP contribution is 2.36. The van der Waals surface area contributed by atoms with Crippen LogP contribution in [-0.2, 0) is 25.3 Å². The Kier molecular flexibility index (Phi) is 4.63. The fraction of sp³-hybridized carbons (Fsp3) is 0.562. The summed E-state index contributed by atoms with van der Waals surface area (Å²) >= 11 is 0. The Morgan fingerprint density at radius 1 is 1.23 bits per heavy atom. The summed E-state index contributed by atoms with van der Waals surface area (Å²) < 4.78 is 30.9. The molecular weight excluding hydrogens is 286 g/mol. The van der Waals surface area contributed by atoms with E-state index in [0.29, 0.717) is 11.9 Å². The molecular formula is C16H22BFO4. The second kappa shape index (κ2) is 6.01. The number of carbonyl (C=O) groups excluding carboxylic acids is 1. The van der Waals surface area contributed by atoms with Gasteiger partial charge in [-0.15, -0.1) is 0 Å². The number of hydrogen-bond donors (Lipinski definition) is 0. The average molecular weight is 308 g/mol. The molecule has 0 spiro atoms. The van der Waals surface area contributed by atoms with Gasteiger partial charge in [0, 0.05) is 18.8 Å². The lowest BCUT2D eigenvalue weighted by Crippen LogP contribution is -2.41. The minimum Gasteiger partial charge on any atom is -0.466 e. The molecule has 1 fully saturated rings. The van der Waals surface area contributed by atoms with Crippen LogP contribution in [0, 0.1) is 5.82 Å². The number of halogens is 1. The van der Waals surface area contributed by atoms with Crippen molar-refractivity contribution in [3.05, 3.63) is 29.6 Å². The third-order valence-electron chi connectivity index (χ3n) is 4.27. The first-order valence-electron chi connectivity index (χ1n) is 7.40. The maximum absolute atomic E-state index is 14.3. The molecule has 2 rings (SSSR count). The van der Waals surface area contributed by atoms with Crippen molar-refractivity contribution in [1.82, 2.24) is 0 Å². The summed E-state index contributed by atoms with van der Waals surface area (Å²) in [7, 11) is -0.715. The molecule has 0 atom stereocenters. The normalized spacial score (nSPS) is 19.3. The molecule has 0 bridgehead atoms. The van der Waals surface area contributed by atoms with Crippen LogP contribution in [0.2, 0.25) is 0 Å². The van der Waals surface area contributed by atoms with Gasteiger partial charge in [0.2, 0.25) is 0 Å². The van der Waals surface area contributed by atoms with E-state index in [0.717, 1.165) is 5.56 Å². The molecule has 0 saturated carbocycles. The molecule has 1 saturated heterocycles. The summed E-state index contributed by atoms with van der Waals surface area (Å²) in [6, 6.07) is 4.90. The first-order valence-corrected chi connectivity index (χ1v) is 7.40. The van der Waals surface area contributed by atoms with Crippen LogP contribution in [0.3, 0.4) is 0 Å². The average Bonchev–Trinajstić information content (AvgIpc) is 2.57. The smallest absolute Gasteiger partial charge is 0.466 e. The lowest BCUT2D eigenvalue weighted by Gasteiger charge is -2.32. The summed E-state index contributed by atoms with van der Waals surface area (Å²) in [5.74, 6) is -0.715. The van der Waals surface area contributed by atoms with E-state index in [-0.39, 0.29) is 18.4 Å². The number of rotatable bonds is 4. The van der Waals surface area contributed by atoms with E-state index < -0.39 is 18.3 Å². The zero-order chi connectivity index (χ0) is 16.5. The Bertz CT molecular complexity index is 555. The molecule has 120 valence electrons. The molecule has 1 aliphatic rings. The van der Waals surface area contributed by atoms with Gasteiger partial charge in [-0.2, -0.15) is 0 Å². The monoisotopic (exact) mass is 308 g/mol. The van der Waals surface area contributed by atoms with Crippen LogP contribution in [0.15, 0.2) is 18.2 Å². The maximum atomic E-state index is 14.3. The summed E-state index contributed by atoms with van der Waals surface area (Å²) in [6.45, 7) is 9.31. The lowest BCUT2D eigenvalue weighted by atomic mass is 9.78. The van der Waals surface area contributed by atoms with Gasteiger partial charge in [-0.25, -0.2) is 4.39 Å². The first-order chi connectivity index (χ1) is 10.1. The van der Waals surface area contributed by atoms with Gasteiger partial charge in [-0.3, -0.25) is 4.79 Å². The predicted molar refractivity (Wildman–Crippen MR) is 82.5 cm³/mol. The Morgan fingerprint density at radius 2 is 1.82 bits per heavy atom. The Hall–Kier alpha value is -1.40. The van der Waals surface area contributed by atoms with E-state index in [9.17, 15) is 9.18 Å². The Morgan fingerprint density at radius 3 is 2.32 bits per heavy atom. The minimum absolute atomic E-state index is 0.241. The van der Waals surface area contributed by atoms with E-state index in [1.54, 1.807) is 12.1 Å². The van der Waals surface area contributed by atoms with E-state index in [1.807, 2.05) is 27.7 Å². The van der Waals surface area contributed by atoms with Crippen molar-refractivity contribution in [1.29, 1.82) is 0 Å². The topological polar surface area (TPSA) is 44.8 Å². The van der Waals surface area contributed by atoms with Gasteiger partial charge in [0.25, 0.3) is 0 Å². The third kappa shape index (κ3) is 3.50. The van der Waals surface area contributed by atoms with Crippen LogP contribution < -0.4 is 5.46 Å². The number of ether oxygens (including phenoxy) is 1. The van der Waals surface area contributed by atoms with Crippen molar-refractivity contribution in [2.75, 3.05) is 6.61 Å². The number of hydrogen-bond acceptors (Lipinski definition) is 4. The van der Waals surface area contributed by atoms with E-state index in [1.165, 1.54) is 13.0 Å². The van der Waals surface area contributed by atoms with E-state index >= 15 is 0 Å². The van der Waals surface area contributed by atoms with Gasteiger partial charge in [0.15, 0.2) is 0 Å². The third-order valence-corrected chi connectivity index (χ3v) is 4.27. The van der Waals surface area contributed by atoms with Gasteiger partial charge < -0.3 is 14.0 Å². The van der Waals surface area contributed by atoms with Crippen LogP contribution >= 0.6 is 0 Å². The minimum atomic E-state index is -0.715. The standard InChI is InChI=1S/C16H22BFO4/c1-11(19)20-9-8-12-6-7-13(14(18)10-12)17-21-15(2,3)16(4,5)22-17/h6-7,10H,8-9H2,1-5H3. The van der Waals surface area contributed by atoms with Crippen molar-refractivity contribution < 1.29 is 23.2 Å². The second-order valence-corrected chi connectivity index (χ2v) is 6.53. The van der Waals surface area contributed by atoms with Crippen LogP contribution in [-0.4, -0.2) is 30.9 Å². The van der Waals surface area contributed by atoms with Crippen LogP contribution in [0.25, 0.3) is 0 Å². The first kappa shape index (κ1) is 17.0. The largest absolute Gasteiger partial charge is 0.497 e. The zero-order valence-corrected chi connectivity index (χ0v) is 13.7. The molecule has 0 unspecified atom stereocenters. The molecule has 22 heavy (non-hydrogen) atoms. The molecule has 0 aliphatic carbocycles. The van der Waals surface area contributed by atoms with Crippen LogP contribution in [0.4, 0.5) is 4.39 Å². The maximum Gasteiger partial charge on any atom is 0.497 e. The van der Waals surface area contributed by atoms with E-state index in [2.05, 4.69) is 0 Å². The van der Waals surface area contributed by atoms with Gasteiger partial charge in [0.05, 0.1) is 17.8 Å². The molecule has 1 aliphatic heterocycles. The number of benzene rings is 1. The summed E-state index contributed by atoms with van der Waals surface area (Å²) in [5.41, 5.74) is 0.143. The predicted octanol–water partition coefficient (Wildman–Crippen LogP) is 2.23. The molecule has 0 radical (unpaired) electrons. The molecule has 1 aromatic carbocycles. The molecule has 0 aromatic heterocycles. The SMILES string of the molecule is CC(=O)OCCc1ccc(B2OC(C)(C)C(C)(C)O2)c(F)c1. The highest BCUT2D eigenvalue weighted by Gasteiger charge is 2.52. The van der Waals surface area contributed by atoms with Crippen molar-refractivity contribution >= 4 is 18.6 Å². The molecule has 4 nitrogen and oxygen atoms in total. The van der Waals surface area contributed by atoms with Crippen molar-refractivity contribution in [2.24, 2.45) is 0 Å². The summed E-state index contributed by atoms with van der Waals surface area (Å²) in [5, 5.41) is 0. The fourth-order valence-electron chi connectivity index (χ4n) is 2.20. The zero-order valence-electron chi connectivity index (χ0n) is 13.7. The van der Waals surface area contributed by atoms with Crippen LogP contribution in [0.5, 0.6) is 0 Å². The van der Waals surface area contributed by atoms with Crippen molar-refractivity contribution in [3.63, 3.8) is 0 Å². The summed E-state index contributed by atoms with van der Waals surface area (Å²) in [6.07, 6.45) is 0.472. The Balaban J connectivity index is 2.09. The van der Waals surface area contributed by atoms with Crippen molar-refractivity contribution in [3.8, 4) is 0 Å². The highest BCUT2D eigenvalue weighted by atomic mass is 19.1. The van der Waals surface area contributed by atoms with Gasteiger partial charge in [0.1, 0.15) is 5.82 Å². The van der Waals surface area contributed by atoms with Gasteiger partial charge in [-0.05, 0) is 39.3 Å². The number of esters is 1. The second-order valence-electron chi connectivity index (χ2n) is 6.53. The van der Waals surface area contributed by atoms with Crippen LogP contribution in [0.1, 0.15) is 40.2 Å². The molecule has 6 heteroatoms. The van der Waals surface area contributed by atoms with E-state index in [4.69, 9.17) is 14.0 Å². The van der Waals surface area contributed by atoms with Crippen molar-refractivity contribution in [2.45, 2.75) is 52.2 Å². The van der Waals surface area contributed by atoms with Gasteiger partial charge >= 0.3 is 13.1 Å². The number of carbonyl (C=O) groups is 1. The molecule has 1 heterocycles.